The first-order chi connectivity index (χ1) is 9.28. The molecule has 2 rings (SSSR count). The van der Waals surface area contributed by atoms with E-state index < -0.39 is 0 Å². The van der Waals surface area contributed by atoms with E-state index in [2.05, 4.69) is 28.1 Å². The zero-order valence-electron chi connectivity index (χ0n) is 11.0. The van der Waals surface area contributed by atoms with Crippen LogP contribution in [0.3, 0.4) is 0 Å². The molecule has 0 bridgehead atoms. The monoisotopic (exact) mass is 254 g/mol. The molecule has 0 amide bonds. The third kappa shape index (κ3) is 4.05. The fourth-order valence-electron chi connectivity index (χ4n) is 2.38. The lowest BCUT2D eigenvalue weighted by Gasteiger charge is -2.25. The molecule has 0 saturated heterocycles. The third-order valence-corrected chi connectivity index (χ3v) is 3.64. The van der Waals surface area contributed by atoms with Crippen LogP contribution < -0.4 is 0 Å². The van der Waals surface area contributed by atoms with Crippen molar-refractivity contribution in [3.8, 4) is 12.1 Å². The van der Waals surface area contributed by atoms with Gasteiger partial charge in [-0.2, -0.15) is 10.5 Å². The summed E-state index contributed by atoms with van der Waals surface area (Å²) < 4.78 is 0. The largest absolute Gasteiger partial charge is 0.297 e. The predicted molar refractivity (Wildman–Crippen MR) is 71.6 cm³/mol. The quantitative estimate of drug-likeness (QED) is 0.750. The highest BCUT2D eigenvalue weighted by atomic mass is 15.1. The molecule has 0 aromatic carbocycles. The van der Waals surface area contributed by atoms with Crippen molar-refractivity contribution in [2.75, 3.05) is 13.1 Å². The van der Waals surface area contributed by atoms with Gasteiger partial charge in [0.15, 0.2) is 0 Å². The Morgan fingerprint density at radius 2 is 2.16 bits per heavy atom. The maximum absolute atomic E-state index is 8.89. The Morgan fingerprint density at radius 3 is 2.74 bits per heavy atom. The summed E-state index contributed by atoms with van der Waals surface area (Å²) >= 11 is 0. The molecule has 1 heterocycles. The summed E-state index contributed by atoms with van der Waals surface area (Å²) in [6, 6.07) is 8.47. The van der Waals surface area contributed by atoms with Crippen LogP contribution in [0, 0.1) is 28.1 Å². The number of nitriles is 2. The lowest BCUT2D eigenvalue weighted by atomic mass is 10.0. The molecule has 0 atom stereocenters. The van der Waals surface area contributed by atoms with Crippen LogP contribution in [-0.4, -0.2) is 23.0 Å². The number of aromatic nitrogens is 1. The van der Waals surface area contributed by atoms with Crippen molar-refractivity contribution in [1.82, 2.24) is 9.88 Å². The van der Waals surface area contributed by atoms with Gasteiger partial charge in [0.2, 0.25) is 0 Å². The van der Waals surface area contributed by atoms with Gasteiger partial charge in [-0.25, -0.2) is 0 Å². The van der Waals surface area contributed by atoms with Crippen LogP contribution in [0.1, 0.15) is 31.2 Å². The van der Waals surface area contributed by atoms with Crippen LogP contribution in [0.2, 0.25) is 0 Å². The van der Waals surface area contributed by atoms with E-state index >= 15 is 0 Å². The highest BCUT2D eigenvalue weighted by Gasteiger charge is 2.43. The molecule has 98 valence electrons. The standard InChI is InChI=1S/C15H18N4/c16-7-2-10-19(12-14-3-1-9-18-11-14)13-15(4-5-15)6-8-17/h1,3,9,11H,2,4-6,10,12-13H2. The van der Waals surface area contributed by atoms with Crippen LogP contribution in [0.15, 0.2) is 24.5 Å². The average Bonchev–Trinajstić information content (AvgIpc) is 3.17. The highest BCUT2D eigenvalue weighted by Crippen LogP contribution is 2.49. The molecule has 19 heavy (non-hydrogen) atoms. The molecular formula is C15H18N4. The Balaban J connectivity index is 1.96. The second-order valence-corrected chi connectivity index (χ2v) is 5.31. The molecule has 4 heteroatoms. The molecule has 1 aliphatic rings. The zero-order chi connectivity index (χ0) is 13.6. The minimum absolute atomic E-state index is 0.187. The molecule has 0 N–H and O–H groups in total. The van der Waals surface area contributed by atoms with Crippen molar-refractivity contribution in [3.63, 3.8) is 0 Å². The van der Waals surface area contributed by atoms with Gasteiger partial charge in [-0.3, -0.25) is 9.88 Å². The number of rotatable bonds is 7. The summed E-state index contributed by atoms with van der Waals surface area (Å²) in [5.41, 5.74) is 1.35. The second kappa shape index (κ2) is 6.31. The van der Waals surface area contributed by atoms with E-state index in [4.69, 9.17) is 10.5 Å². The molecule has 4 nitrogen and oxygen atoms in total. The molecule has 1 saturated carbocycles. The number of pyridine rings is 1. The smallest absolute Gasteiger partial charge is 0.0635 e. The van der Waals surface area contributed by atoms with Crippen LogP contribution in [0.4, 0.5) is 0 Å². The van der Waals surface area contributed by atoms with Gasteiger partial charge in [0, 0.05) is 44.9 Å². The molecule has 1 aliphatic carbocycles. The third-order valence-electron chi connectivity index (χ3n) is 3.64. The van der Waals surface area contributed by atoms with E-state index in [0.29, 0.717) is 12.8 Å². The molecular weight excluding hydrogens is 236 g/mol. The second-order valence-electron chi connectivity index (χ2n) is 5.31. The van der Waals surface area contributed by atoms with Gasteiger partial charge in [-0.1, -0.05) is 6.07 Å². The van der Waals surface area contributed by atoms with E-state index in [1.54, 1.807) is 6.20 Å². The van der Waals surface area contributed by atoms with Crippen molar-refractivity contribution >= 4 is 0 Å². The van der Waals surface area contributed by atoms with Gasteiger partial charge in [0.05, 0.1) is 12.1 Å². The summed E-state index contributed by atoms with van der Waals surface area (Å²) in [7, 11) is 0. The zero-order valence-corrected chi connectivity index (χ0v) is 11.0. The van der Waals surface area contributed by atoms with Gasteiger partial charge < -0.3 is 0 Å². The normalized spacial score (nSPS) is 15.7. The van der Waals surface area contributed by atoms with Gasteiger partial charge in [0.1, 0.15) is 0 Å². The summed E-state index contributed by atoms with van der Waals surface area (Å²) in [5, 5.41) is 17.6. The SMILES string of the molecule is N#CCCN(Cc1cccnc1)CC1(CC#N)CC1. The number of hydrogen-bond acceptors (Lipinski definition) is 4. The van der Waals surface area contributed by atoms with Crippen molar-refractivity contribution in [3.05, 3.63) is 30.1 Å². The van der Waals surface area contributed by atoms with Gasteiger partial charge >= 0.3 is 0 Å². The average molecular weight is 254 g/mol. The number of hydrogen-bond donors (Lipinski definition) is 0. The van der Waals surface area contributed by atoms with E-state index in [1.807, 2.05) is 12.3 Å². The van der Waals surface area contributed by atoms with Gasteiger partial charge in [-0.15, -0.1) is 0 Å². The highest BCUT2D eigenvalue weighted by molar-refractivity contribution is 5.09. The molecule has 0 spiro atoms. The van der Waals surface area contributed by atoms with Crippen molar-refractivity contribution < 1.29 is 0 Å². The molecule has 0 unspecified atom stereocenters. The Kier molecular flexibility index (Phi) is 4.49. The van der Waals surface area contributed by atoms with Crippen molar-refractivity contribution in [2.24, 2.45) is 5.41 Å². The van der Waals surface area contributed by atoms with Crippen molar-refractivity contribution in [2.45, 2.75) is 32.2 Å². The maximum atomic E-state index is 8.89. The maximum Gasteiger partial charge on any atom is 0.0635 e. The molecule has 0 radical (unpaired) electrons. The van der Waals surface area contributed by atoms with E-state index in [-0.39, 0.29) is 5.41 Å². The Labute approximate surface area is 114 Å². The molecule has 1 fully saturated rings. The minimum atomic E-state index is 0.187. The molecule has 0 aliphatic heterocycles. The van der Waals surface area contributed by atoms with Gasteiger partial charge in [-0.05, 0) is 29.9 Å². The Morgan fingerprint density at radius 1 is 1.32 bits per heavy atom. The van der Waals surface area contributed by atoms with Crippen LogP contribution in [0.5, 0.6) is 0 Å². The van der Waals surface area contributed by atoms with Crippen LogP contribution in [0.25, 0.3) is 0 Å². The minimum Gasteiger partial charge on any atom is -0.297 e. The van der Waals surface area contributed by atoms with E-state index in [9.17, 15) is 0 Å². The first kappa shape index (κ1) is 13.5. The van der Waals surface area contributed by atoms with Gasteiger partial charge in [0.25, 0.3) is 0 Å². The van der Waals surface area contributed by atoms with Crippen molar-refractivity contribution in [1.29, 1.82) is 10.5 Å². The number of nitrogens with zero attached hydrogens (tertiary/aromatic N) is 4. The summed E-state index contributed by atoms with van der Waals surface area (Å²) in [4.78, 5) is 6.40. The van der Waals surface area contributed by atoms with E-state index in [1.165, 1.54) is 0 Å². The summed E-state index contributed by atoms with van der Waals surface area (Å²) in [6.45, 7) is 2.48. The van der Waals surface area contributed by atoms with E-state index in [0.717, 1.165) is 38.0 Å². The summed E-state index contributed by atoms with van der Waals surface area (Å²) in [5.74, 6) is 0. The Bertz CT molecular complexity index is 479. The predicted octanol–water partition coefficient (Wildman–Crippen LogP) is 2.49. The topological polar surface area (TPSA) is 63.7 Å². The molecule has 1 aromatic heterocycles. The summed E-state index contributed by atoms with van der Waals surface area (Å²) in [6.07, 6.45) is 7.06. The first-order valence-electron chi connectivity index (χ1n) is 6.63. The fraction of sp³-hybridized carbons (Fsp3) is 0.533. The lowest BCUT2D eigenvalue weighted by Crippen LogP contribution is -2.31. The Hall–Kier alpha value is -1.91. The van der Waals surface area contributed by atoms with Crippen LogP contribution in [-0.2, 0) is 6.54 Å². The molecule has 1 aromatic rings. The first-order valence-corrected chi connectivity index (χ1v) is 6.63. The fourth-order valence-corrected chi connectivity index (χ4v) is 2.38. The lowest BCUT2D eigenvalue weighted by molar-refractivity contribution is 0.216. The van der Waals surface area contributed by atoms with Crippen LogP contribution >= 0.6 is 0 Å².